The van der Waals surface area contributed by atoms with Gasteiger partial charge in [0.05, 0.1) is 10.5 Å². The molecule has 0 aromatic heterocycles. The Kier molecular flexibility index (Phi) is 3.88. The van der Waals surface area contributed by atoms with Crippen LogP contribution >= 0.6 is 0 Å². The first-order chi connectivity index (χ1) is 10.7. The topological polar surface area (TPSA) is 43.1 Å². The molecule has 0 saturated carbocycles. The highest BCUT2D eigenvalue weighted by Crippen LogP contribution is 2.33. The Morgan fingerprint density at radius 2 is 1.64 bits per heavy atom. The molecule has 0 radical (unpaired) electrons. The predicted molar refractivity (Wildman–Crippen MR) is 88.7 cm³/mol. The van der Waals surface area contributed by atoms with Crippen molar-refractivity contribution in [3.05, 3.63) is 88.5 Å². The lowest BCUT2D eigenvalue weighted by Gasteiger charge is -2.21. The summed E-state index contributed by atoms with van der Waals surface area (Å²) in [4.78, 5) is 10.8. The number of nitro benzene ring substituents is 1. The van der Waals surface area contributed by atoms with E-state index in [9.17, 15) is 10.1 Å². The van der Waals surface area contributed by atoms with Crippen molar-refractivity contribution in [2.45, 2.75) is 12.8 Å². The molecule has 3 heteroatoms. The molecule has 3 nitrogen and oxygen atoms in total. The van der Waals surface area contributed by atoms with Crippen molar-refractivity contribution < 1.29 is 4.92 Å². The summed E-state index contributed by atoms with van der Waals surface area (Å²) in [7, 11) is 0. The van der Waals surface area contributed by atoms with Crippen LogP contribution in [0.3, 0.4) is 0 Å². The zero-order chi connectivity index (χ0) is 15.5. The average Bonchev–Trinajstić information content (AvgIpc) is 2.55. The van der Waals surface area contributed by atoms with Crippen LogP contribution in [-0.4, -0.2) is 4.92 Å². The van der Waals surface area contributed by atoms with Gasteiger partial charge in [0, 0.05) is 12.0 Å². The van der Waals surface area contributed by atoms with Gasteiger partial charge in [-0.3, -0.25) is 10.1 Å². The standard InChI is InChI=1S/C19H17NO2/c1-14-6-2-3-7-17(14)15-10-12-16(13-11-15)18-8-4-5-9-19(18)20(21)22/h2-14,17H,1H3. The van der Waals surface area contributed by atoms with Gasteiger partial charge in [0.15, 0.2) is 0 Å². The summed E-state index contributed by atoms with van der Waals surface area (Å²) in [5.41, 5.74) is 2.91. The molecule has 2 atom stereocenters. The van der Waals surface area contributed by atoms with Crippen molar-refractivity contribution in [1.29, 1.82) is 0 Å². The second-order valence-corrected chi connectivity index (χ2v) is 5.55. The summed E-state index contributed by atoms with van der Waals surface area (Å²) in [6.07, 6.45) is 8.54. The molecule has 0 bridgehead atoms. The molecule has 2 unspecified atom stereocenters. The maximum absolute atomic E-state index is 11.1. The van der Waals surface area contributed by atoms with Gasteiger partial charge >= 0.3 is 0 Å². The van der Waals surface area contributed by atoms with Crippen molar-refractivity contribution in [3.8, 4) is 11.1 Å². The molecule has 22 heavy (non-hydrogen) atoms. The Balaban J connectivity index is 1.94. The summed E-state index contributed by atoms with van der Waals surface area (Å²) in [6, 6.07) is 14.9. The molecule has 110 valence electrons. The van der Waals surface area contributed by atoms with Gasteiger partial charge in [-0.15, -0.1) is 0 Å². The fourth-order valence-electron chi connectivity index (χ4n) is 2.89. The fourth-order valence-corrected chi connectivity index (χ4v) is 2.89. The van der Waals surface area contributed by atoms with E-state index in [1.165, 1.54) is 5.56 Å². The van der Waals surface area contributed by atoms with Gasteiger partial charge in [-0.05, 0) is 23.1 Å². The van der Waals surface area contributed by atoms with Crippen LogP contribution in [0, 0.1) is 16.0 Å². The molecule has 1 aliphatic rings. The minimum absolute atomic E-state index is 0.143. The molecular formula is C19H17NO2. The number of hydrogen-bond donors (Lipinski definition) is 0. The second kappa shape index (κ2) is 5.98. The van der Waals surface area contributed by atoms with E-state index in [1.807, 2.05) is 18.2 Å². The van der Waals surface area contributed by atoms with Gasteiger partial charge in [-0.1, -0.05) is 67.6 Å². The molecule has 3 rings (SSSR count). The van der Waals surface area contributed by atoms with E-state index in [0.717, 1.165) is 5.56 Å². The van der Waals surface area contributed by atoms with Crippen LogP contribution in [-0.2, 0) is 0 Å². The summed E-state index contributed by atoms with van der Waals surface area (Å²) in [5.74, 6) is 0.826. The molecule has 1 aliphatic carbocycles. The van der Waals surface area contributed by atoms with Gasteiger partial charge in [0.1, 0.15) is 0 Å². The molecule has 0 saturated heterocycles. The third-order valence-corrected chi connectivity index (χ3v) is 4.12. The molecule has 0 aliphatic heterocycles. The van der Waals surface area contributed by atoms with Crippen LogP contribution in [0.5, 0.6) is 0 Å². The summed E-state index contributed by atoms with van der Waals surface area (Å²) < 4.78 is 0. The van der Waals surface area contributed by atoms with Crippen molar-refractivity contribution in [2.75, 3.05) is 0 Å². The van der Waals surface area contributed by atoms with E-state index < -0.39 is 0 Å². The minimum atomic E-state index is -0.333. The molecule has 0 fully saturated rings. The summed E-state index contributed by atoms with van der Waals surface area (Å²) in [5, 5.41) is 11.1. The van der Waals surface area contributed by atoms with Crippen LogP contribution < -0.4 is 0 Å². The largest absolute Gasteiger partial charge is 0.277 e. The average molecular weight is 291 g/mol. The van der Waals surface area contributed by atoms with Crippen LogP contribution in [0.25, 0.3) is 11.1 Å². The number of para-hydroxylation sites is 1. The van der Waals surface area contributed by atoms with Gasteiger partial charge in [-0.25, -0.2) is 0 Å². The van der Waals surface area contributed by atoms with Crippen LogP contribution in [0.1, 0.15) is 18.4 Å². The molecule has 0 heterocycles. The maximum atomic E-state index is 11.1. The first-order valence-electron chi connectivity index (χ1n) is 7.35. The monoisotopic (exact) mass is 291 g/mol. The second-order valence-electron chi connectivity index (χ2n) is 5.55. The quantitative estimate of drug-likeness (QED) is 0.582. The van der Waals surface area contributed by atoms with Crippen LogP contribution in [0.15, 0.2) is 72.8 Å². The normalized spacial score (nSPS) is 20.0. The number of benzene rings is 2. The summed E-state index contributed by atoms with van der Waals surface area (Å²) in [6.45, 7) is 2.20. The van der Waals surface area contributed by atoms with Crippen molar-refractivity contribution in [2.24, 2.45) is 5.92 Å². The van der Waals surface area contributed by atoms with E-state index in [2.05, 4.69) is 43.4 Å². The van der Waals surface area contributed by atoms with E-state index in [-0.39, 0.29) is 10.6 Å². The van der Waals surface area contributed by atoms with Crippen molar-refractivity contribution >= 4 is 5.69 Å². The lowest BCUT2D eigenvalue weighted by Crippen LogP contribution is -2.07. The van der Waals surface area contributed by atoms with Gasteiger partial charge in [0.25, 0.3) is 5.69 Å². The molecule has 0 N–H and O–H groups in total. The van der Waals surface area contributed by atoms with Gasteiger partial charge in [0.2, 0.25) is 0 Å². The molecule has 0 amide bonds. The number of hydrogen-bond acceptors (Lipinski definition) is 2. The minimum Gasteiger partial charge on any atom is -0.258 e. The lowest BCUT2D eigenvalue weighted by molar-refractivity contribution is -0.384. The van der Waals surface area contributed by atoms with Crippen molar-refractivity contribution in [1.82, 2.24) is 0 Å². The van der Waals surface area contributed by atoms with Gasteiger partial charge < -0.3 is 0 Å². The first kappa shape index (κ1) is 14.3. The number of allylic oxidation sites excluding steroid dienone is 4. The smallest absolute Gasteiger partial charge is 0.258 e. The van der Waals surface area contributed by atoms with E-state index in [0.29, 0.717) is 17.4 Å². The Bertz CT molecular complexity index is 744. The highest BCUT2D eigenvalue weighted by atomic mass is 16.6. The van der Waals surface area contributed by atoms with Crippen molar-refractivity contribution in [3.63, 3.8) is 0 Å². The Hall–Kier alpha value is -2.68. The summed E-state index contributed by atoms with van der Waals surface area (Å²) >= 11 is 0. The zero-order valence-corrected chi connectivity index (χ0v) is 12.3. The Morgan fingerprint density at radius 3 is 2.32 bits per heavy atom. The third kappa shape index (κ3) is 2.70. The fraction of sp³-hybridized carbons (Fsp3) is 0.158. The third-order valence-electron chi connectivity index (χ3n) is 4.12. The highest BCUT2D eigenvalue weighted by molar-refractivity contribution is 5.73. The van der Waals surface area contributed by atoms with E-state index in [4.69, 9.17) is 0 Å². The predicted octanol–water partition coefficient (Wildman–Crippen LogP) is 5.11. The SMILES string of the molecule is CC1C=CC=CC1c1ccc(-c2ccccc2[N+](=O)[O-])cc1. The number of rotatable bonds is 3. The molecule has 2 aromatic rings. The Labute approximate surface area is 129 Å². The van der Waals surface area contributed by atoms with E-state index in [1.54, 1.807) is 18.2 Å². The van der Waals surface area contributed by atoms with Gasteiger partial charge in [-0.2, -0.15) is 0 Å². The highest BCUT2D eigenvalue weighted by Gasteiger charge is 2.17. The maximum Gasteiger partial charge on any atom is 0.277 e. The number of nitrogens with zero attached hydrogens (tertiary/aromatic N) is 1. The Morgan fingerprint density at radius 1 is 0.955 bits per heavy atom. The first-order valence-corrected chi connectivity index (χ1v) is 7.35. The lowest BCUT2D eigenvalue weighted by atomic mass is 9.84. The van der Waals surface area contributed by atoms with Crippen LogP contribution in [0.2, 0.25) is 0 Å². The molecular weight excluding hydrogens is 274 g/mol. The number of nitro groups is 1. The van der Waals surface area contributed by atoms with E-state index >= 15 is 0 Å². The van der Waals surface area contributed by atoms with Crippen LogP contribution in [0.4, 0.5) is 5.69 Å². The molecule has 2 aromatic carbocycles. The molecule has 0 spiro atoms. The zero-order valence-electron chi connectivity index (χ0n) is 12.3.